The second-order valence-corrected chi connectivity index (χ2v) is 11.7. The number of hydrogen-bond acceptors (Lipinski definition) is 8. The number of esters is 2. The van der Waals surface area contributed by atoms with E-state index in [1.54, 1.807) is 13.8 Å². The van der Waals surface area contributed by atoms with Gasteiger partial charge >= 0.3 is 41.5 Å². The molecule has 0 bridgehead atoms. The van der Waals surface area contributed by atoms with Gasteiger partial charge in [0, 0.05) is 0 Å². The molecular weight excluding hydrogens is 487 g/mol. The van der Waals surface area contributed by atoms with Gasteiger partial charge in [-0.1, -0.05) is 53.4 Å². The molecule has 0 aromatic heterocycles. The summed E-state index contributed by atoms with van der Waals surface area (Å²) in [5, 5.41) is 0. The fraction of sp³-hybridized carbons (Fsp3) is 0.900. The molecule has 0 fully saturated rings. The van der Waals surface area contributed by atoms with Crippen LogP contribution in [-0.4, -0.2) is 90.1 Å². The Morgan fingerprint density at radius 3 is 1.21 bits per heavy atom. The molecule has 2 unspecified atom stereocenters. The molecule has 2 N–H and O–H groups in total. The van der Waals surface area contributed by atoms with Crippen molar-refractivity contribution in [3.63, 3.8) is 0 Å². The van der Waals surface area contributed by atoms with E-state index in [9.17, 15) is 35.5 Å². The molecule has 192 valence electrons. The van der Waals surface area contributed by atoms with E-state index in [4.69, 9.17) is 9.47 Å². The van der Waals surface area contributed by atoms with Gasteiger partial charge in [-0.05, 0) is 25.7 Å². The van der Waals surface area contributed by atoms with Gasteiger partial charge in [0.05, 0.1) is 12.8 Å². The van der Waals surface area contributed by atoms with Crippen molar-refractivity contribution in [2.45, 2.75) is 101 Å². The van der Waals surface area contributed by atoms with Gasteiger partial charge in [0.25, 0.3) is 20.2 Å². The third kappa shape index (κ3) is 10.9. The fourth-order valence-corrected chi connectivity index (χ4v) is 5.19. The number of unbranched alkanes of at least 4 members (excludes halogenated alkanes) is 2. The van der Waals surface area contributed by atoms with Crippen LogP contribution in [0.25, 0.3) is 0 Å². The quantitative estimate of drug-likeness (QED) is 0.164. The van der Waals surface area contributed by atoms with E-state index >= 15 is 0 Å². The van der Waals surface area contributed by atoms with Gasteiger partial charge in [-0.15, -0.1) is 0 Å². The third-order valence-electron chi connectivity index (χ3n) is 5.88. The third-order valence-corrected chi connectivity index (χ3v) is 9.29. The summed E-state index contributed by atoms with van der Waals surface area (Å²) in [6.07, 6.45) is 1.96. The Kier molecular flexibility index (Phi) is 16.6. The number of rotatable bonds is 17. The maximum atomic E-state index is 12.0. The van der Waals surface area contributed by atoms with Crippen LogP contribution in [0.15, 0.2) is 0 Å². The Bertz CT molecular complexity index is 745. The topological polar surface area (TPSA) is 161 Å². The molecule has 0 radical (unpaired) electrons. The van der Waals surface area contributed by atoms with Crippen LogP contribution in [0.5, 0.6) is 0 Å². The van der Waals surface area contributed by atoms with Gasteiger partial charge in [-0.25, -0.2) is 0 Å². The van der Waals surface area contributed by atoms with Crippen molar-refractivity contribution in [2.75, 3.05) is 13.2 Å². The van der Waals surface area contributed by atoms with Gasteiger partial charge < -0.3 is 9.47 Å². The van der Waals surface area contributed by atoms with Crippen molar-refractivity contribution in [3.8, 4) is 0 Å². The van der Waals surface area contributed by atoms with Crippen LogP contribution in [-0.2, 0) is 39.3 Å². The van der Waals surface area contributed by atoms with Crippen molar-refractivity contribution in [3.05, 3.63) is 0 Å². The summed E-state index contributed by atoms with van der Waals surface area (Å²) in [6, 6.07) is 0. The van der Waals surface area contributed by atoms with E-state index in [-0.39, 0.29) is 55.2 Å². The van der Waals surface area contributed by atoms with Crippen LogP contribution in [0, 0.1) is 0 Å². The fourth-order valence-electron chi connectivity index (χ4n) is 3.24. The van der Waals surface area contributed by atoms with Gasteiger partial charge in [0.15, 0.2) is 0 Å². The molecule has 0 aliphatic heterocycles. The van der Waals surface area contributed by atoms with Gasteiger partial charge in [0.2, 0.25) is 0 Å². The van der Waals surface area contributed by atoms with Crippen molar-refractivity contribution >= 4 is 61.7 Å². The Hall–Kier alpha value is -0.240. The van der Waals surface area contributed by atoms with Crippen LogP contribution >= 0.6 is 0 Å². The monoisotopic (exact) mass is 526 g/mol. The number of hydrogen-bond donors (Lipinski definition) is 2. The summed E-state index contributed by atoms with van der Waals surface area (Å²) in [5.41, 5.74) is 0. The van der Waals surface area contributed by atoms with Gasteiger partial charge in [-0.2, -0.15) is 16.8 Å². The maximum absolute atomic E-state index is 12.0. The molecule has 0 rings (SSSR count). The first-order valence-corrected chi connectivity index (χ1v) is 13.9. The van der Waals surface area contributed by atoms with Crippen LogP contribution in [0.3, 0.4) is 0 Å². The average Bonchev–Trinajstić information content (AvgIpc) is 2.71. The predicted molar refractivity (Wildman–Crippen MR) is 126 cm³/mol. The van der Waals surface area contributed by atoms with E-state index in [0.29, 0.717) is 25.7 Å². The zero-order chi connectivity index (χ0) is 25.1. The molecule has 0 aromatic carbocycles. The van der Waals surface area contributed by atoms with E-state index in [1.807, 2.05) is 13.8 Å². The second kappa shape index (κ2) is 15.7. The summed E-state index contributed by atoms with van der Waals surface area (Å²) >= 11 is 0. The van der Waals surface area contributed by atoms with Crippen molar-refractivity contribution in [2.24, 2.45) is 0 Å². The van der Waals surface area contributed by atoms with E-state index in [1.165, 1.54) is 0 Å². The first-order chi connectivity index (χ1) is 14.7. The summed E-state index contributed by atoms with van der Waals surface area (Å²) in [5.74, 6) is -1.69. The molecule has 0 amide bonds. The first kappa shape index (κ1) is 34.9. The normalized spacial score (nSPS) is 15.6. The standard InChI is InChI=1S/C20H38O10S2.Na.H/c1-5-9-13-19(7-3,31(23,24)25)15-29-17(21)11-12-18(22)30-16-20(8-4,14-10-6-2)32(26,27)28;;/h5-16H2,1-4H3,(H,23,24,25)(H,26,27,28);;. The molecule has 0 saturated heterocycles. The molecule has 10 nitrogen and oxygen atoms in total. The Balaban J connectivity index is 0. The summed E-state index contributed by atoms with van der Waals surface area (Å²) in [4.78, 5) is 24.1. The van der Waals surface area contributed by atoms with Gasteiger partial charge in [0.1, 0.15) is 22.7 Å². The molecule has 0 aliphatic carbocycles. The molecule has 0 aliphatic rings. The summed E-state index contributed by atoms with van der Waals surface area (Å²) in [7, 11) is -8.95. The van der Waals surface area contributed by atoms with Gasteiger partial charge in [-0.3, -0.25) is 18.7 Å². The molecule has 0 heterocycles. The minimum atomic E-state index is -4.47. The number of ether oxygens (including phenoxy) is 2. The van der Waals surface area contributed by atoms with Crippen molar-refractivity contribution < 1.29 is 45.0 Å². The molecule has 13 heteroatoms. The predicted octanol–water partition coefficient (Wildman–Crippen LogP) is 2.66. The average molecular weight is 527 g/mol. The first-order valence-electron chi connectivity index (χ1n) is 11.0. The minimum absolute atomic E-state index is 0. The molecule has 0 spiro atoms. The van der Waals surface area contributed by atoms with E-state index in [0.717, 1.165) is 0 Å². The Labute approximate surface area is 220 Å². The van der Waals surface area contributed by atoms with Crippen LogP contribution in [0.4, 0.5) is 0 Å². The summed E-state index contributed by atoms with van der Waals surface area (Å²) in [6.45, 7) is 5.80. The SMILES string of the molecule is CCCCC(CC)(COC(=O)CCC(=O)OCC(CC)(CCCC)S(=O)(=O)O)S(=O)(=O)O.[NaH]. The Morgan fingerprint density at radius 2 is 1.00 bits per heavy atom. The number of carbonyl (C=O) groups excluding carboxylic acids is 2. The zero-order valence-corrected chi connectivity index (χ0v) is 21.1. The molecule has 2 atom stereocenters. The van der Waals surface area contributed by atoms with Crippen molar-refractivity contribution in [1.82, 2.24) is 0 Å². The van der Waals surface area contributed by atoms with Crippen molar-refractivity contribution in [1.29, 1.82) is 0 Å². The second-order valence-electron chi connectivity index (χ2n) is 8.05. The summed E-state index contributed by atoms with van der Waals surface area (Å²) < 4.78 is 73.5. The van der Waals surface area contributed by atoms with Crippen LogP contribution < -0.4 is 0 Å². The van der Waals surface area contributed by atoms with E-state index < -0.39 is 67.7 Å². The number of carbonyl (C=O) groups is 2. The van der Waals surface area contributed by atoms with Crippen LogP contribution in [0.1, 0.15) is 91.9 Å². The zero-order valence-electron chi connectivity index (χ0n) is 19.5. The molecular formula is C20H39NaO10S2. The van der Waals surface area contributed by atoms with Crippen LogP contribution in [0.2, 0.25) is 0 Å². The van der Waals surface area contributed by atoms with E-state index in [2.05, 4.69) is 0 Å². The Morgan fingerprint density at radius 1 is 0.697 bits per heavy atom. The molecule has 0 saturated carbocycles. The molecule has 33 heavy (non-hydrogen) atoms. The molecule has 0 aromatic rings.